The van der Waals surface area contributed by atoms with E-state index < -0.39 is 0 Å². The van der Waals surface area contributed by atoms with Gasteiger partial charge in [-0.1, -0.05) is 24.6 Å². The number of anilines is 1. The third kappa shape index (κ3) is 2.22. The van der Waals surface area contributed by atoms with Crippen molar-refractivity contribution >= 4 is 23.1 Å². The third-order valence-corrected chi connectivity index (χ3v) is 4.38. The maximum absolute atomic E-state index is 6.07. The van der Waals surface area contributed by atoms with E-state index in [-0.39, 0.29) is 6.04 Å². The molecule has 2 aromatic heterocycles. The van der Waals surface area contributed by atoms with Crippen LogP contribution in [0.3, 0.4) is 0 Å². The highest BCUT2D eigenvalue weighted by molar-refractivity contribution is 6.30. The molecule has 4 rings (SSSR count). The highest BCUT2D eigenvalue weighted by Crippen LogP contribution is 2.34. The lowest BCUT2D eigenvalue weighted by Gasteiger charge is -2.15. The first-order valence-electron chi connectivity index (χ1n) is 7.51. The second-order valence-electron chi connectivity index (χ2n) is 5.54. The summed E-state index contributed by atoms with van der Waals surface area (Å²) in [6.07, 6.45) is 2.91. The van der Waals surface area contributed by atoms with E-state index >= 15 is 0 Å². The first kappa shape index (κ1) is 13.5. The summed E-state index contributed by atoms with van der Waals surface area (Å²) in [6, 6.07) is 10.3. The van der Waals surface area contributed by atoms with Crippen LogP contribution in [0.4, 0.5) is 5.82 Å². The van der Waals surface area contributed by atoms with Gasteiger partial charge in [-0.15, -0.1) is 15.3 Å². The summed E-state index contributed by atoms with van der Waals surface area (Å²) in [7, 11) is 0. The fourth-order valence-electron chi connectivity index (χ4n) is 3.05. The van der Waals surface area contributed by atoms with Crippen molar-refractivity contribution in [2.75, 3.05) is 5.32 Å². The zero-order chi connectivity index (χ0) is 15.1. The quantitative estimate of drug-likeness (QED) is 0.804. The monoisotopic (exact) mass is 313 g/mol. The fourth-order valence-corrected chi connectivity index (χ4v) is 3.24. The van der Waals surface area contributed by atoms with Crippen LogP contribution in [0.5, 0.6) is 0 Å². The maximum atomic E-state index is 6.07. The molecule has 112 valence electrons. The Bertz CT molecular complexity index is 842. The van der Waals surface area contributed by atoms with Crippen LogP contribution in [0, 0.1) is 0 Å². The predicted octanol–water partition coefficient (Wildman–Crippen LogP) is 3.44. The summed E-state index contributed by atoms with van der Waals surface area (Å²) >= 11 is 6.07. The lowest BCUT2D eigenvalue weighted by atomic mass is 10.1. The molecule has 0 saturated carbocycles. The van der Waals surface area contributed by atoms with Gasteiger partial charge in [0.15, 0.2) is 11.5 Å². The molecule has 2 heterocycles. The lowest BCUT2D eigenvalue weighted by Crippen LogP contribution is -2.10. The Kier molecular flexibility index (Phi) is 3.22. The van der Waals surface area contributed by atoms with Crippen LogP contribution in [0.15, 0.2) is 30.3 Å². The van der Waals surface area contributed by atoms with E-state index in [1.165, 1.54) is 11.1 Å². The summed E-state index contributed by atoms with van der Waals surface area (Å²) in [5.41, 5.74) is 3.41. The zero-order valence-corrected chi connectivity index (χ0v) is 13.0. The number of nitrogens with zero attached hydrogens (tertiary/aromatic N) is 4. The van der Waals surface area contributed by atoms with Crippen LogP contribution in [0.25, 0.3) is 5.65 Å². The molecule has 0 spiro atoms. The van der Waals surface area contributed by atoms with Crippen molar-refractivity contribution in [3.05, 3.63) is 52.3 Å². The minimum atomic E-state index is 0.277. The number of hydrogen-bond acceptors (Lipinski definition) is 4. The lowest BCUT2D eigenvalue weighted by molar-refractivity contribution is 0.744. The Hall–Kier alpha value is -2.14. The van der Waals surface area contributed by atoms with Crippen LogP contribution in [0.2, 0.25) is 5.02 Å². The highest BCUT2D eigenvalue weighted by Gasteiger charge is 2.23. The number of aryl methyl sites for hydroxylation is 2. The van der Waals surface area contributed by atoms with Crippen LogP contribution in [0.1, 0.15) is 36.3 Å². The zero-order valence-electron chi connectivity index (χ0n) is 12.3. The van der Waals surface area contributed by atoms with Crippen LogP contribution in [-0.4, -0.2) is 19.8 Å². The molecule has 6 heteroatoms. The number of rotatable bonds is 3. The van der Waals surface area contributed by atoms with Crippen LogP contribution < -0.4 is 5.32 Å². The van der Waals surface area contributed by atoms with Crippen molar-refractivity contribution < 1.29 is 0 Å². The molecular weight excluding hydrogens is 298 g/mol. The number of nitrogens with one attached hydrogen (secondary N) is 1. The average molecular weight is 314 g/mol. The first-order valence-corrected chi connectivity index (χ1v) is 7.88. The van der Waals surface area contributed by atoms with E-state index in [0.29, 0.717) is 0 Å². The molecule has 5 nitrogen and oxygen atoms in total. The smallest absolute Gasteiger partial charge is 0.178 e. The predicted molar refractivity (Wildman–Crippen MR) is 86.3 cm³/mol. The van der Waals surface area contributed by atoms with Crippen LogP contribution in [-0.2, 0) is 12.8 Å². The molecule has 0 bridgehead atoms. The van der Waals surface area contributed by atoms with E-state index in [0.717, 1.165) is 41.6 Å². The van der Waals surface area contributed by atoms with Crippen molar-refractivity contribution in [3.8, 4) is 0 Å². The molecule has 3 aromatic rings. The largest absolute Gasteiger partial charge is 0.362 e. The van der Waals surface area contributed by atoms with Gasteiger partial charge >= 0.3 is 0 Å². The van der Waals surface area contributed by atoms with E-state index in [1.54, 1.807) is 4.52 Å². The van der Waals surface area contributed by atoms with Gasteiger partial charge in [0, 0.05) is 11.4 Å². The minimum absolute atomic E-state index is 0.277. The van der Waals surface area contributed by atoms with Gasteiger partial charge in [0.2, 0.25) is 0 Å². The molecule has 1 N–H and O–H groups in total. The number of hydrogen-bond donors (Lipinski definition) is 1. The minimum Gasteiger partial charge on any atom is -0.362 e. The topological polar surface area (TPSA) is 55.1 Å². The summed E-state index contributed by atoms with van der Waals surface area (Å²) < 4.78 is 1.81. The molecule has 1 aromatic carbocycles. The Morgan fingerprint density at radius 1 is 1.27 bits per heavy atom. The molecule has 1 atom stereocenters. The molecule has 22 heavy (non-hydrogen) atoms. The Labute approximate surface area is 133 Å². The second-order valence-corrected chi connectivity index (χ2v) is 5.97. The molecule has 0 amide bonds. The van der Waals surface area contributed by atoms with Crippen molar-refractivity contribution in [1.29, 1.82) is 0 Å². The van der Waals surface area contributed by atoms with Gasteiger partial charge in [0.1, 0.15) is 5.82 Å². The summed E-state index contributed by atoms with van der Waals surface area (Å²) in [5.74, 6) is 1.71. The van der Waals surface area contributed by atoms with Crippen molar-refractivity contribution in [2.45, 2.75) is 32.2 Å². The number of fused-ring (bicyclic) bond motifs is 2. The first-order chi connectivity index (χ1) is 10.7. The molecule has 0 fully saturated rings. The molecule has 1 aliphatic carbocycles. The third-order valence-electron chi connectivity index (χ3n) is 4.15. The van der Waals surface area contributed by atoms with Gasteiger partial charge in [-0.3, -0.25) is 0 Å². The van der Waals surface area contributed by atoms with E-state index in [1.807, 2.05) is 18.2 Å². The number of benzene rings is 1. The fraction of sp³-hybridized carbons (Fsp3) is 0.312. The Morgan fingerprint density at radius 2 is 2.18 bits per heavy atom. The SMILES string of the molecule is CCc1nnc2ccc(NC3CCc4cc(Cl)ccc43)nn12. The average Bonchev–Trinajstić information content (AvgIpc) is 3.11. The molecule has 0 radical (unpaired) electrons. The van der Waals surface area contributed by atoms with Gasteiger partial charge in [0.05, 0.1) is 6.04 Å². The maximum Gasteiger partial charge on any atom is 0.178 e. The van der Waals surface area contributed by atoms with Crippen molar-refractivity contribution in [3.63, 3.8) is 0 Å². The van der Waals surface area contributed by atoms with Crippen molar-refractivity contribution in [1.82, 2.24) is 19.8 Å². The van der Waals surface area contributed by atoms with Gasteiger partial charge in [-0.05, 0) is 48.2 Å². The highest BCUT2D eigenvalue weighted by atomic mass is 35.5. The van der Waals surface area contributed by atoms with E-state index in [9.17, 15) is 0 Å². The van der Waals surface area contributed by atoms with Gasteiger partial charge in [-0.2, -0.15) is 4.52 Å². The van der Waals surface area contributed by atoms with Crippen LogP contribution >= 0.6 is 11.6 Å². The molecule has 0 saturated heterocycles. The molecule has 1 aliphatic rings. The second kappa shape index (κ2) is 5.25. The molecule has 1 unspecified atom stereocenters. The Balaban J connectivity index is 1.65. The summed E-state index contributed by atoms with van der Waals surface area (Å²) in [6.45, 7) is 2.05. The van der Waals surface area contributed by atoms with E-state index in [2.05, 4.69) is 39.7 Å². The standard InChI is InChI=1S/C16H16ClN5/c1-2-15-19-20-16-8-7-14(21-22(15)16)18-13-6-3-10-9-11(17)4-5-12(10)13/h4-5,7-9,13H,2-3,6H2,1H3,(H,18,21). The van der Waals surface area contributed by atoms with Gasteiger partial charge < -0.3 is 5.32 Å². The molecule has 0 aliphatic heterocycles. The summed E-state index contributed by atoms with van der Waals surface area (Å²) in [4.78, 5) is 0. The Morgan fingerprint density at radius 3 is 3.05 bits per heavy atom. The number of aromatic nitrogens is 4. The van der Waals surface area contributed by atoms with Gasteiger partial charge in [0.25, 0.3) is 0 Å². The normalized spacial score (nSPS) is 16.9. The van der Waals surface area contributed by atoms with Crippen molar-refractivity contribution in [2.24, 2.45) is 0 Å². The number of halogens is 1. The van der Waals surface area contributed by atoms with Gasteiger partial charge in [-0.25, -0.2) is 0 Å². The molecular formula is C16H16ClN5. The summed E-state index contributed by atoms with van der Waals surface area (Å²) in [5, 5.41) is 17.2. The van der Waals surface area contributed by atoms with E-state index in [4.69, 9.17) is 11.6 Å².